The maximum absolute atomic E-state index is 4.72. The van der Waals surface area contributed by atoms with Crippen LogP contribution in [0.4, 0.5) is 0 Å². The first-order chi connectivity index (χ1) is 8.52. The molecule has 1 saturated carbocycles. The Morgan fingerprint density at radius 2 is 1.95 bits per heavy atom. The van der Waals surface area contributed by atoms with E-state index in [4.69, 9.17) is 4.99 Å². The molecule has 1 rings (SSSR count). The standard InChI is InChI=1S/C14H30N4.HI/c1-6-15-14(17-12-7-8-12)16-10-13(18(4)5)9-11(2)3;/h11-13H,6-10H2,1-5H3,(H2,15,16,17);1H. The van der Waals surface area contributed by atoms with Crippen molar-refractivity contribution in [3.05, 3.63) is 0 Å². The largest absolute Gasteiger partial charge is 0.357 e. The van der Waals surface area contributed by atoms with Crippen LogP contribution in [0.1, 0.15) is 40.0 Å². The maximum Gasteiger partial charge on any atom is 0.191 e. The van der Waals surface area contributed by atoms with E-state index in [0.717, 1.165) is 19.0 Å². The molecular weight excluding hydrogens is 351 g/mol. The number of guanidine groups is 1. The Bertz CT molecular complexity index is 262. The fourth-order valence-corrected chi connectivity index (χ4v) is 1.93. The second kappa shape index (κ2) is 9.80. The Labute approximate surface area is 135 Å². The molecule has 0 bridgehead atoms. The van der Waals surface area contributed by atoms with E-state index in [-0.39, 0.29) is 24.0 Å². The highest BCUT2D eigenvalue weighted by molar-refractivity contribution is 14.0. The predicted octanol–water partition coefficient (Wildman–Crippen LogP) is 2.30. The highest BCUT2D eigenvalue weighted by Crippen LogP contribution is 2.18. The Morgan fingerprint density at radius 3 is 2.37 bits per heavy atom. The second-order valence-corrected chi connectivity index (χ2v) is 5.89. The minimum absolute atomic E-state index is 0. The summed E-state index contributed by atoms with van der Waals surface area (Å²) in [5.74, 6) is 1.70. The van der Waals surface area contributed by atoms with Gasteiger partial charge >= 0.3 is 0 Å². The zero-order valence-electron chi connectivity index (χ0n) is 13.1. The van der Waals surface area contributed by atoms with Gasteiger partial charge in [0.2, 0.25) is 0 Å². The van der Waals surface area contributed by atoms with E-state index in [9.17, 15) is 0 Å². The first-order valence-electron chi connectivity index (χ1n) is 7.24. The summed E-state index contributed by atoms with van der Waals surface area (Å²) in [6.07, 6.45) is 3.76. The van der Waals surface area contributed by atoms with Gasteiger partial charge in [-0.05, 0) is 46.2 Å². The number of rotatable bonds is 7. The van der Waals surface area contributed by atoms with E-state index in [1.807, 2.05) is 0 Å². The van der Waals surface area contributed by atoms with E-state index in [0.29, 0.717) is 18.0 Å². The van der Waals surface area contributed by atoms with Gasteiger partial charge in [-0.15, -0.1) is 24.0 Å². The lowest BCUT2D eigenvalue weighted by molar-refractivity contribution is 0.261. The minimum Gasteiger partial charge on any atom is -0.357 e. The molecule has 0 heterocycles. The van der Waals surface area contributed by atoms with Crippen molar-refractivity contribution in [3.63, 3.8) is 0 Å². The zero-order chi connectivity index (χ0) is 13.5. The summed E-state index contributed by atoms with van der Waals surface area (Å²) in [6, 6.07) is 1.19. The predicted molar refractivity (Wildman–Crippen MR) is 94.5 cm³/mol. The van der Waals surface area contributed by atoms with E-state index in [2.05, 4.69) is 50.4 Å². The van der Waals surface area contributed by atoms with Crippen molar-refractivity contribution in [2.45, 2.75) is 52.1 Å². The molecule has 5 heteroatoms. The van der Waals surface area contributed by atoms with Gasteiger partial charge in [-0.25, -0.2) is 0 Å². The Balaban J connectivity index is 0.00000324. The summed E-state index contributed by atoms with van der Waals surface area (Å²) in [7, 11) is 4.29. The van der Waals surface area contributed by atoms with Crippen LogP contribution in [0.15, 0.2) is 4.99 Å². The maximum atomic E-state index is 4.72. The molecule has 4 nitrogen and oxygen atoms in total. The van der Waals surface area contributed by atoms with Crippen LogP contribution in [0.5, 0.6) is 0 Å². The second-order valence-electron chi connectivity index (χ2n) is 5.89. The molecule has 0 saturated heterocycles. The van der Waals surface area contributed by atoms with Gasteiger partial charge in [0.15, 0.2) is 5.96 Å². The number of hydrogen-bond donors (Lipinski definition) is 2. The van der Waals surface area contributed by atoms with E-state index in [1.54, 1.807) is 0 Å². The third-order valence-electron chi connectivity index (χ3n) is 3.20. The topological polar surface area (TPSA) is 39.7 Å². The van der Waals surface area contributed by atoms with Gasteiger partial charge in [-0.3, -0.25) is 4.99 Å². The minimum atomic E-state index is 0. The first kappa shape index (κ1) is 19.0. The molecule has 114 valence electrons. The molecule has 19 heavy (non-hydrogen) atoms. The van der Waals surface area contributed by atoms with Gasteiger partial charge in [0, 0.05) is 18.6 Å². The van der Waals surface area contributed by atoms with Gasteiger partial charge in [-0.1, -0.05) is 13.8 Å². The van der Waals surface area contributed by atoms with Crippen LogP contribution in [0.3, 0.4) is 0 Å². The third kappa shape index (κ3) is 8.68. The van der Waals surface area contributed by atoms with Crippen LogP contribution in [-0.4, -0.2) is 50.1 Å². The van der Waals surface area contributed by atoms with E-state index in [1.165, 1.54) is 19.3 Å². The molecule has 2 N–H and O–H groups in total. The quantitative estimate of drug-likeness (QED) is 0.403. The highest BCUT2D eigenvalue weighted by Gasteiger charge is 2.22. The van der Waals surface area contributed by atoms with Crippen LogP contribution in [0.25, 0.3) is 0 Å². The SMILES string of the molecule is CCNC(=NCC(CC(C)C)N(C)C)NC1CC1.I. The number of halogens is 1. The van der Waals surface area contributed by atoms with Crippen molar-refractivity contribution < 1.29 is 0 Å². The molecule has 1 fully saturated rings. The number of aliphatic imine (C=N–C) groups is 1. The van der Waals surface area contributed by atoms with Crippen LogP contribution in [0, 0.1) is 5.92 Å². The lowest BCUT2D eigenvalue weighted by Crippen LogP contribution is -2.40. The fraction of sp³-hybridized carbons (Fsp3) is 0.929. The molecule has 0 aromatic carbocycles. The monoisotopic (exact) mass is 382 g/mol. The molecule has 1 aliphatic carbocycles. The van der Waals surface area contributed by atoms with Crippen molar-refractivity contribution in [1.29, 1.82) is 0 Å². The summed E-state index contributed by atoms with van der Waals surface area (Å²) in [6.45, 7) is 8.45. The molecule has 0 aromatic rings. The highest BCUT2D eigenvalue weighted by atomic mass is 127. The lowest BCUT2D eigenvalue weighted by atomic mass is 10.0. The van der Waals surface area contributed by atoms with E-state index >= 15 is 0 Å². The van der Waals surface area contributed by atoms with Crippen molar-refractivity contribution in [2.75, 3.05) is 27.2 Å². The molecule has 0 aromatic heterocycles. The van der Waals surface area contributed by atoms with Gasteiger partial charge in [0.05, 0.1) is 6.54 Å². The van der Waals surface area contributed by atoms with Crippen LogP contribution in [0.2, 0.25) is 0 Å². The molecule has 0 spiro atoms. The van der Waals surface area contributed by atoms with Crippen molar-refractivity contribution >= 4 is 29.9 Å². The first-order valence-corrected chi connectivity index (χ1v) is 7.24. The van der Waals surface area contributed by atoms with Crippen molar-refractivity contribution in [2.24, 2.45) is 10.9 Å². The summed E-state index contributed by atoms with van der Waals surface area (Å²) in [4.78, 5) is 7.00. The van der Waals surface area contributed by atoms with Crippen LogP contribution < -0.4 is 10.6 Å². The fourth-order valence-electron chi connectivity index (χ4n) is 1.93. The van der Waals surface area contributed by atoms with Gasteiger partial charge < -0.3 is 15.5 Å². The average Bonchev–Trinajstić information content (AvgIpc) is 3.07. The Hall–Kier alpha value is -0.0400. The van der Waals surface area contributed by atoms with Gasteiger partial charge in [0.25, 0.3) is 0 Å². The summed E-state index contributed by atoms with van der Waals surface area (Å²) in [5, 5.41) is 6.78. The summed E-state index contributed by atoms with van der Waals surface area (Å²) < 4.78 is 0. The molecular formula is C14H31IN4. The number of likely N-dealkylation sites (N-methyl/N-ethyl adjacent to an activating group) is 1. The normalized spacial score (nSPS) is 17.3. The van der Waals surface area contributed by atoms with E-state index < -0.39 is 0 Å². The molecule has 1 atom stereocenters. The van der Waals surface area contributed by atoms with Crippen LogP contribution in [-0.2, 0) is 0 Å². The average molecular weight is 382 g/mol. The number of hydrogen-bond acceptors (Lipinski definition) is 2. The van der Waals surface area contributed by atoms with Crippen molar-refractivity contribution in [1.82, 2.24) is 15.5 Å². The molecule has 0 amide bonds. The third-order valence-corrected chi connectivity index (χ3v) is 3.20. The zero-order valence-corrected chi connectivity index (χ0v) is 15.4. The molecule has 1 unspecified atom stereocenters. The number of nitrogens with one attached hydrogen (secondary N) is 2. The number of nitrogens with zero attached hydrogens (tertiary/aromatic N) is 2. The Morgan fingerprint density at radius 1 is 1.32 bits per heavy atom. The van der Waals surface area contributed by atoms with Crippen LogP contribution >= 0.6 is 24.0 Å². The molecule has 0 aliphatic heterocycles. The smallest absolute Gasteiger partial charge is 0.191 e. The Kier molecular flexibility index (Phi) is 9.78. The summed E-state index contributed by atoms with van der Waals surface area (Å²) >= 11 is 0. The van der Waals surface area contributed by atoms with Crippen molar-refractivity contribution in [3.8, 4) is 0 Å². The lowest BCUT2D eigenvalue weighted by Gasteiger charge is -2.24. The molecule has 1 aliphatic rings. The summed E-state index contributed by atoms with van der Waals surface area (Å²) in [5.41, 5.74) is 0. The van der Waals surface area contributed by atoms with Gasteiger partial charge in [-0.2, -0.15) is 0 Å². The molecule has 0 radical (unpaired) electrons. The van der Waals surface area contributed by atoms with Gasteiger partial charge in [0.1, 0.15) is 0 Å².